The van der Waals surface area contributed by atoms with Gasteiger partial charge in [-0.15, -0.1) is 0 Å². The summed E-state index contributed by atoms with van der Waals surface area (Å²) in [5, 5.41) is 3.56. The second-order valence-corrected chi connectivity index (χ2v) is 5.32. The summed E-state index contributed by atoms with van der Waals surface area (Å²) in [7, 11) is 0. The van der Waals surface area contributed by atoms with Gasteiger partial charge in [-0.3, -0.25) is 0 Å². The average molecular weight is 283 g/mol. The average Bonchev–Trinajstić information content (AvgIpc) is 2.53. The third kappa shape index (κ3) is 4.33. The zero-order valence-corrected chi connectivity index (χ0v) is 13.2. The van der Waals surface area contributed by atoms with E-state index in [-0.39, 0.29) is 12.1 Å². The highest BCUT2D eigenvalue weighted by Gasteiger charge is 2.22. The maximum atomic E-state index is 6.23. The first-order chi connectivity index (χ1) is 10.2. The van der Waals surface area contributed by atoms with Gasteiger partial charge in [0, 0.05) is 0 Å². The SMILES string of the molecule is CCNC(c1ccccc1)C(CC)Oc1ccc(C)cc1. The number of rotatable bonds is 7. The van der Waals surface area contributed by atoms with Crippen molar-refractivity contribution < 1.29 is 4.74 Å². The van der Waals surface area contributed by atoms with Crippen molar-refractivity contribution in [3.05, 3.63) is 65.7 Å². The summed E-state index contributed by atoms with van der Waals surface area (Å²) in [5.74, 6) is 0.936. The number of aryl methyl sites for hydroxylation is 1. The molecule has 0 saturated carbocycles. The predicted molar refractivity (Wildman–Crippen MR) is 88.7 cm³/mol. The van der Waals surface area contributed by atoms with E-state index in [0.717, 1.165) is 18.7 Å². The Bertz CT molecular complexity index is 521. The van der Waals surface area contributed by atoms with Crippen LogP contribution < -0.4 is 10.1 Å². The molecular weight excluding hydrogens is 258 g/mol. The highest BCUT2D eigenvalue weighted by atomic mass is 16.5. The monoisotopic (exact) mass is 283 g/mol. The first-order valence-electron chi connectivity index (χ1n) is 7.76. The Balaban J connectivity index is 2.17. The Morgan fingerprint density at radius 2 is 1.62 bits per heavy atom. The molecule has 2 unspecified atom stereocenters. The molecule has 0 heterocycles. The van der Waals surface area contributed by atoms with E-state index < -0.39 is 0 Å². The minimum Gasteiger partial charge on any atom is -0.488 e. The van der Waals surface area contributed by atoms with Crippen molar-refractivity contribution in [3.8, 4) is 5.75 Å². The molecule has 2 atom stereocenters. The van der Waals surface area contributed by atoms with E-state index in [1.807, 2.05) is 18.2 Å². The molecule has 0 radical (unpaired) electrons. The quantitative estimate of drug-likeness (QED) is 0.807. The van der Waals surface area contributed by atoms with Gasteiger partial charge in [0.25, 0.3) is 0 Å². The Labute approximate surface area is 128 Å². The Kier molecular flexibility index (Phi) is 5.82. The maximum Gasteiger partial charge on any atom is 0.119 e. The van der Waals surface area contributed by atoms with Crippen molar-refractivity contribution in [3.63, 3.8) is 0 Å². The number of likely N-dealkylation sites (N-methyl/N-ethyl adjacent to an activating group) is 1. The molecule has 0 aliphatic heterocycles. The standard InChI is InChI=1S/C19H25NO/c1-4-18(21-17-13-11-15(3)12-14-17)19(20-5-2)16-9-7-6-8-10-16/h6-14,18-20H,4-5H2,1-3H3. The van der Waals surface area contributed by atoms with Crippen molar-refractivity contribution in [1.29, 1.82) is 0 Å². The predicted octanol–water partition coefficient (Wildman–Crippen LogP) is 4.50. The summed E-state index contributed by atoms with van der Waals surface area (Å²) in [6.45, 7) is 7.32. The Hall–Kier alpha value is -1.80. The number of hydrogen-bond acceptors (Lipinski definition) is 2. The van der Waals surface area contributed by atoms with Gasteiger partial charge in [0.1, 0.15) is 11.9 Å². The first kappa shape index (κ1) is 15.6. The van der Waals surface area contributed by atoms with Crippen LogP contribution in [0.15, 0.2) is 54.6 Å². The van der Waals surface area contributed by atoms with Crippen molar-refractivity contribution in [2.75, 3.05) is 6.54 Å². The van der Waals surface area contributed by atoms with Crippen molar-refractivity contribution in [1.82, 2.24) is 5.32 Å². The fraction of sp³-hybridized carbons (Fsp3) is 0.368. The zero-order valence-electron chi connectivity index (χ0n) is 13.2. The zero-order chi connectivity index (χ0) is 15.1. The van der Waals surface area contributed by atoms with Gasteiger partial charge in [-0.2, -0.15) is 0 Å². The second-order valence-electron chi connectivity index (χ2n) is 5.32. The molecule has 0 spiro atoms. The number of benzene rings is 2. The molecule has 0 saturated heterocycles. The van der Waals surface area contributed by atoms with E-state index in [2.05, 4.69) is 62.5 Å². The third-order valence-corrected chi connectivity index (χ3v) is 3.67. The van der Waals surface area contributed by atoms with Crippen molar-refractivity contribution in [2.24, 2.45) is 0 Å². The number of nitrogens with one attached hydrogen (secondary N) is 1. The van der Waals surface area contributed by atoms with Gasteiger partial charge >= 0.3 is 0 Å². The lowest BCUT2D eigenvalue weighted by atomic mass is 9.99. The Morgan fingerprint density at radius 3 is 2.19 bits per heavy atom. The molecule has 0 bridgehead atoms. The molecule has 1 N–H and O–H groups in total. The van der Waals surface area contributed by atoms with Gasteiger partial charge < -0.3 is 10.1 Å². The largest absolute Gasteiger partial charge is 0.488 e. The molecule has 0 aromatic heterocycles. The van der Waals surface area contributed by atoms with Crippen LogP contribution in [0.25, 0.3) is 0 Å². The smallest absolute Gasteiger partial charge is 0.119 e. The molecule has 2 rings (SSSR count). The van der Waals surface area contributed by atoms with Crippen LogP contribution >= 0.6 is 0 Å². The number of hydrogen-bond donors (Lipinski definition) is 1. The lowest BCUT2D eigenvalue weighted by Crippen LogP contribution is -2.35. The normalized spacial score (nSPS) is 13.7. The highest BCUT2D eigenvalue weighted by molar-refractivity contribution is 5.27. The molecule has 0 aliphatic rings. The van der Waals surface area contributed by atoms with E-state index in [1.54, 1.807) is 0 Å². The second kappa shape index (κ2) is 7.84. The summed E-state index contributed by atoms with van der Waals surface area (Å²) in [6, 6.07) is 19.0. The van der Waals surface area contributed by atoms with E-state index in [1.165, 1.54) is 11.1 Å². The lowest BCUT2D eigenvalue weighted by molar-refractivity contribution is 0.149. The van der Waals surface area contributed by atoms with Gasteiger partial charge in [0.05, 0.1) is 6.04 Å². The number of ether oxygens (including phenoxy) is 1. The molecule has 2 aromatic carbocycles. The topological polar surface area (TPSA) is 21.3 Å². The molecule has 0 fully saturated rings. The van der Waals surface area contributed by atoms with Crippen LogP contribution in [0.3, 0.4) is 0 Å². The lowest BCUT2D eigenvalue weighted by Gasteiger charge is -2.28. The highest BCUT2D eigenvalue weighted by Crippen LogP contribution is 2.24. The van der Waals surface area contributed by atoms with Crippen LogP contribution in [0.4, 0.5) is 0 Å². The summed E-state index contributed by atoms with van der Waals surface area (Å²) in [4.78, 5) is 0. The van der Waals surface area contributed by atoms with E-state index in [0.29, 0.717) is 0 Å². The fourth-order valence-electron chi connectivity index (χ4n) is 2.52. The first-order valence-corrected chi connectivity index (χ1v) is 7.76. The van der Waals surface area contributed by atoms with Crippen molar-refractivity contribution >= 4 is 0 Å². The Morgan fingerprint density at radius 1 is 0.952 bits per heavy atom. The molecule has 112 valence electrons. The van der Waals surface area contributed by atoms with Crippen LogP contribution in [0.5, 0.6) is 5.75 Å². The van der Waals surface area contributed by atoms with Crippen LogP contribution in [-0.2, 0) is 0 Å². The van der Waals surface area contributed by atoms with Crippen LogP contribution in [-0.4, -0.2) is 12.6 Å². The summed E-state index contributed by atoms with van der Waals surface area (Å²) < 4.78 is 6.23. The van der Waals surface area contributed by atoms with Gasteiger partial charge in [-0.25, -0.2) is 0 Å². The van der Waals surface area contributed by atoms with Crippen LogP contribution in [0, 0.1) is 6.92 Å². The molecule has 2 nitrogen and oxygen atoms in total. The molecular formula is C19H25NO. The fourth-order valence-corrected chi connectivity index (χ4v) is 2.52. The van der Waals surface area contributed by atoms with E-state index in [4.69, 9.17) is 4.74 Å². The van der Waals surface area contributed by atoms with Crippen molar-refractivity contribution in [2.45, 2.75) is 39.3 Å². The molecule has 0 aliphatic carbocycles. The van der Waals surface area contributed by atoms with Gasteiger partial charge in [-0.05, 0) is 37.6 Å². The summed E-state index contributed by atoms with van der Waals surface area (Å²) >= 11 is 0. The molecule has 0 amide bonds. The third-order valence-electron chi connectivity index (χ3n) is 3.67. The van der Waals surface area contributed by atoms with E-state index >= 15 is 0 Å². The van der Waals surface area contributed by atoms with Crippen LogP contribution in [0.2, 0.25) is 0 Å². The van der Waals surface area contributed by atoms with Gasteiger partial charge in [-0.1, -0.05) is 61.9 Å². The minimum absolute atomic E-state index is 0.120. The molecule has 21 heavy (non-hydrogen) atoms. The van der Waals surface area contributed by atoms with Gasteiger partial charge in [0.2, 0.25) is 0 Å². The molecule has 2 aromatic rings. The van der Waals surface area contributed by atoms with Crippen LogP contribution in [0.1, 0.15) is 37.4 Å². The summed E-state index contributed by atoms with van der Waals surface area (Å²) in [5.41, 5.74) is 2.53. The van der Waals surface area contributed by atoms with Gasteiger partial charge in [0.15, 0.2) is 0 Å². The minimum atomic E-state index is 0.120. The van der Waals surface area contributed by atoms with E-state index in [9.17, 15) is 0 Å². The molecule has 2 heteroatoms. The maximum absolute atomic E-state index is 6.23. The summed E-state index contributed by atoms with van der Waals surface area (Å²) in [6.07, 6.45) is 1.08.